The Morgan fingerprint density at radius 3 is 2.33 bits per heavy atom. The first-order valence-electron chi connectivity index (χ1n) is 2.93. The van der Waals surface area contributed by atoms with E-state index in [1.54, 1.807) is 0 Å². The maximum Gasteiger partial charge on any atom is 0.0207 e. The van der Waals surface area contributed by atoms with Crippen molar-refractivity contribution >= 4 is 15.9 Å². The van der Waals surface area contributed by atoms with Crippen molar-refractivity contribution in [3.8, 4) is 0 Å². The lowest BCUT2D eigenvalue weighted by Crippen LogP contribution is -1.75. The van der Waals surface area contributed by atoms with E-state index in [1.165, 1.54) is 15.6 Å². The maximum absolute atomic E-state index is 3.45. The van der Waals surface area contributed by atoms with E-state index in [1.807, 2.05) is 0 Å². The summed E-state index contributed by atoms with van der Waals surface area (Å²) in [6.07, 6.45) is 0. The molecule has 1 aromatic carbocycles. The van der Waals surface area contributed by atoms with Crippen LogP contribution in [0.25, 0.3) is 0 Å². The van der Waals surface area contributed by atoms with Gasteiger partial charge in [-0.05, 0) is 31.0 Å². The number of halogens is 1. The van der Waals surface area contributed by atoms with Gasteiger partial charge in [0.25, 0.3) is 0 Å². The average molecular weight is 187 g/mol. The number of aryl methyl sites for hydroxylation is 2. The summed E-state index contributed by atoms with van der Waals surface area (Å²) in [7, 11) is 0. The van der Waals surface area contributed by atoms with E-state index in [2.05, 4.69) is 48.0 Å². The second kappa shape index (κ2) is 2.53. The highest BCUT2D eigenvalue weighted by atomic mass is 79.9. The van der Waals surface area contributed by atoms with Gasteiger partial charge >= 0.3 is 0 Å². The third kappa shape index (κ3) is 1.55. The molecule has 0 saturated heterocycles. The van der Waals surface area contributed by atoms with Crippen LogP contribution in [0.5, 0.6) is 0 Å². The fourth-order valence-electron chi connectivity index (χ4n) is 0.698. The Hall–Kier alpha value is -0.300. The number of benzene rings is 1. The van der Waals surface area contributed by atoms with Gasteiger partial charge in [-0.3, -0.25) is 0 Å². The summed E-state index contributed by atoms with van der Waals surface area (Å²) in [5.74, 6) is 0. The van der Waals surface area contributed by atoms with Crippen LogP contribution >= 0.6 is 15.9 Å². The minimum atomic E-state index is 1.20. The molecule has 0 aliphatic carbocycles. The van der Waals surface area contributed by atoms with Gasteiger partial charge in [0.15, 0.2) is 0 Å². The lowest BCUT2D eigenvalue weighted by molar-refractivity contribution is 1.37. The molecular weight excluding hydrogens is 178 g/mol. The third-order valence-corrected chi connectivity index (χ3v) is 2.18. The molecule has 0 bridgehead atoms. The van der Waals surface area contributed by atoms with Crippen molar-refractivity contribution in [2.24, 2.45) is 0 Å². The molecule has 0 spiro atoms. The topological polar surface area (TPSA) is 0 Å². The third-order valence-electron chi connectivity index (χ3n) is 1.33. The highest BCUT2D eigenvalue weighted by Crippen LogP contribution is 2.16. The number of hydrogen-bond donors (Lipinski definition) is 0. The monoisotopic (exact) mass is 186 g/mol. The van der Waals surface area contributed by atoms with E-state index in [9.17, 15) is 0 Å². The molecule has 0 nitrogen and oxygen atoms in total. The minimum absolute atomic E-state index is 1.20. The number of rotatable bonds is 0. The Labute approximate surface area is 64.0 Å². The maximum atomic E-state index is 3.45. The average Bonchev–Trinajstić information content (AvgIpc) is 1.80. The molecule has 1 rings (SSSR count). The SMILES string of the molecule is [13CH3]c1ccc([13CH3])c(Br)c1. The lowest BCUT2D eigenvalue weighted by Gasteiger charge is -1.96. The van der Waals surface area contributed by atoms with Gasteiger partial charge in [-0.2, -0.15) is 0 Å². The molecule has 0 atom stereocenters. The van der Waals surface area contributed by atoms with Crippen LogP contribution in [0.3, 0.4) is 0 Å². The Bertz CT molecular complexity index is 216. The highest BCUT2D eigenvalue weighted by Gasteiger charge is 1.90. The van der Waals surface area contributed by atoms with E-state index < -0.39 is 0 Å². The van der Waals surface area contributed by atoms with Gasteiger partial charge in [0, 0.05) is 4.47 Å². The molecule has 0 fully saturated rings. The van der Waals surface area contributed by atoms with Crippen molar-refractivity contribution < 1.29 is 0 Å². The zero-order chi connectivity index (χ0) is 6.85. The Balaban J connectivity index is 3.17. The fourth-order valence-corrected chi connectivity index (χ4v) is 1.19. The second-order valence-corrected chi connectivity index (χ2v) is 3.11. The van der Waals surface area contributed by atoms with Crippen molar-refractivity contribution in [2.75, 3.05) is 0 Å². The van der Waals surface area contributed by atoms with E-state index in [0.29, 0.717) is 0 Å². The van der Waals surface area contributed by atoms with Crippen molar-refractivity contribution in [1.82, 2.24) is 0 Å². The zero-order valence-corrected chi connectivity index (χ0v) is 7.20. The Kier molecular flexibility index (Phi) is 1.91. The molecule has 9 heavy (non-hydrogen) atoms. The van der Waals surface area contributed by atoms with Gasteiger partial charge in [-0.1, -0.05) is 28.1 Å². The minimum Gasteiger partial charge on any atom is -0.0590 e. The molecule has 1 aromatic rings. The molecule has 48 valence electrons. The summed E-state index contributed by atoms with van der Waals surface area (Å²) < 4.78 is 1.20. The molecule has 0 saturated carbocycles. The summed E-state index contributed by atoms with van der Waals surface area (Å²) in [5, 5.41) is 0. The van der Waals surface area contributed by atoms with E-state index in [-0.39, 0.29) is 0 Å². The van der Waals surface area contributed by atoms with Crippen LogP contribution in [0.4, 0.5) is 0 Å². The Morgan fingerprint density at radius 1 is 1.22 bits per heavy atom. The normalized spacial score (nSPS) is 9.67. The summed E-state index contributed by atoms with van der Waals surface area (Å²) in [5.41, 5.74) is 2.59. The van der Waals surface area contributed by atoms with Gasteiger partial charge in [0.2, 0.25) is 0 Å². The summed E-state index contributed by atoms with van der Waals surface area (Å²) >= 11 is 3.45. The van der Waals surface area contributed by atoms with Crippen LogP contribution in [-0.2, 0) is 0 Å². The van der Waals surface area contributed by atoms with Gasteiger partial charge in [-0.15, -0.1) is 0 Å². The predicted octanol–water partition coefficient (Wildman–Crippen LogP) is 3.07. The molecule has 0 unspecified atom stereocenters. The summed E-state index contributed by atoms with van der Waals surface area (Å²) in [4.78, 5) is 0. The standard InChI is InChI=1S/C8H9Br/c1-6-3-4-7(2)8(9)5-6/h3-5H,1-2H3/i1+1,2+1. The van der Waals surface area contributed by atoms with Crippen LogP contribution < -0.4 is 0 Å². The smallest absolute Gasteiger partial charge is 0.0207 e. The zero-order valence-electron chi connectivity index (χ0n) is 5.61. The molecule has 0 radical (unpaired) electrons. The molecule has 1 heteroatoms. The molecule has 0 aromatic heterocycles. The van der Waals surface area contributed by atoms with Crippen LogP contribution in [0.1, 0.15) is 11.1 Å². The van der Waals surface area contributed by atoms with Crippen molar-refractivity contribution in [1.29, 1.82) is 0 Å². The largest absolute Gasteiger partial charge is 0.0590 e. The second-order valence-electron chi connectivity index (χ2n) is 2.25. The fraction of sp³-hybridized carbons (Fsp3) is 0.250. The molecule has 0 aliphatic heterocycles. The molecule has 0 amide bonds. The van der Waals surface area contributed by atoms with Crippen LogP contribution in [-0.4, -0.2) is 0 Å². The van der Waals surface area contributed by atoms with E-state index in [4.69, 9.17) is 0 Å². The van der Waals surface area contributed by atoms with Crippen LogP contribution in [0, 0.1) is 13.8 Å². The number of hydrogen-bond acceptors (Lipinski definition) is 0. The van der Waals surface area contributed by atoms with Gasteiger partial charge < -0.3 is 0 Å². The van der Waals surface area contributed by atoms with E-state index in [0.717, 1.165) is 0 Å². The molecular formula is C8H9Br. The first-order chi connectivity index (χ1) is 4.20. The first-order valence-corrected chi connectivity index (χ1v) is 3.72. The Morgan fingerprint density at radius 2 is 1.89 bits per heavy atom. The summed E-state index contributed by atoms with van der Waals surface area (Å²) in [6, 6.07) is 6.34. The lowest BCUT2D eigenvalue weighted by atomic mass is 10.2. The molecule has 0 heterocycles. The van der Waals surface area contributed by atoms with E-state index >= 15 is 0 Å². The van der Waals surface area contributed by atoms with Gasteiger partial charge in [-0.25, -0.2) is 0 Å². The quantitative estimate of drug-likeness (QED) is 0.547. The summed E-state index contributed by atoms with van der Waals surface area (Å²) in [6.45, 7) is 4.17. The van der Waals surface area contributed by atoms with Crippen molar-refractivity contribution in [2.45, 2.75) is 13.8 Å². The van der Waals surface area contributed by atoms with Crippen molar-refractivity contribution in [3.05, 3.63) is 33.8 Å². The van der Waals surface area contributed by atoms with Gasteiger partial charge in [0.1, 0.15) is 0 Å². The predicted molar refractivity (Wildman–Crippen MR) is 43.6 cm³/mol. The highest BCUT2D eigenvalue weighted by molar-refractivity contribution is 9.10. The molecule has 0 aliphatic rings. The van der Waals surface area contributed by atoms with Crippen LogP contribution in [0.2, 0.25) is 0 Å². The first kappa shape index (κ1) is 6.81. The van der Waals surface area contributed by atoms with Crippen molar-refractivity contribution in [3.63, 3.8) is 0 Å². The molecule has 0 N–H and O–H groups in total. The van der Waals surface area contributed by atoms with Crippen LogP contribution in [0.15, 0.2) is 22.7 Å². The van der Waals surface area contributed by atoms with Gasteiger partial charge in [0.05, 0.1) is 0 Å².